The molecule has 0 saturated heterocycles. The van der Waals surface area contributed by atoms with Crippen LogP contribution in [0.3, 0.4) is 0 Å². The molecule has 0 spiro atoms. The number of alkyl halides is 1. The fraction of sp³-hybridized carbons (Fsp3) is 0.125. The van der Waals surface area contributed by atoms with Gasteiger partial charge in [-0.25, -0.2) is 4.39 Å². The molecule has 2 aromatic carbocycles. The highest BCUT2D eigenvalue weighted by molar-refractivity contribution is 9.09. The van der Waals surface area contributed by atoms with Crippen LogP contribution in [-0.2, 0) is 0 Å². The number of halogens is 2. The number of hydrogen-bond donors (Lipinski definition) is 0. The zero-order chi connectivity index (χ0) is 13.4. The first-order chi connectivity index (χ1) is 9.18. The molecule has 3 aromatic rings. The molecule has 1 atom stereocenters. The van der Waals surface area contributed by atoms with Gasteiger partial charge in [0.05, 0.1) is 11.1 Å². The molecule has 1 nitrogen and oxygen atoms in total. The van der Waals surface area contributed by atoms with Crippen LogP contribution in [0.25, 0.3) is 10.8 Å². The fourth-order valence-corrected chi connectivity index (χ4v) is 3.21. The van der Waals surface area contributed by atoms with Crippen molar-refractivity contribution in [3.05, 3.63) is 71.4 Å². The van der Waals surface area contributed by atoms with Gasteiger partial charge in [-0.05, 0) is 30.0 Å². The molecule has 0 N–H and O–H groups in total. The SMILES string of the molecule is Cc1occc1C(Br)c1ccc(F)c2ccccc12. The van der Waals surface area contributed by atoms with Crippen LogP contribution in [0.15, 0.2) is 53.1 Å². The topological polar surface area (TPSA) is 13.1 Å². The summed E-state index contributed by atoms with van der Waals surface area (Å²) in [6, 6.07) is 12.8. The molecule has 1 aromatic heterocycles. The Hall–Kier alpha value is -1.61. The molecular formula is C16H12BrFO. The lowest BCUT2D eigenvalue weighted by molar-refractivity contribution is 0.530. The monoisotopic (exact) mass is 318 g/mol. The standard InChI is InChI=1S/C16H12BrFO/c1-10-11(8-9-19-10)16(17)14-6-7-15(18)13-5-3-2-4-12(13)14/h2-9,16H,1H3. The molecule has 0 bridgehead atoms. The van der Waals surface area contributed by atoms with Gasteiger partial charge in [-0.3, -0.25) is 0 Å². The smallest absolute Gasteiger partial charge is 0.131 e. The molecule has 0 aliphatic rings. The average Bonchev–Trinajstić information content (AvgIpc) is 2.85. The first-order valence-corrected chi connectivity index (χ1v) is 6.95. The minimum Gasteiger partial charge on any atom is -0.469 e. The number of fused-ring (bicyclic) bond motifs is 1. The van der Waals surface area contributed by atoms with Crippen molar-refractivity contribution in [2.75, 3.05) is 0 Å². The summed E-state index contributed by atoms with van der Waals surface area (Å²) in [5.41, 5.74) is 2.11. The molecule has 96 valence electrons. The lowest BCUT2D eigenvalue weighted by atomic mass is 9.98. The largest absolute Gasteiger partial charge is 0.469 e. The van der Waals surface area contributed by atoms with E-state index in [2.05, 4.69) is 15.9 Å². The third-order valence-corrected chi connectivity index (χ3v) is 4.34. The van der Waals surface area contributed by atoms with Crippen molar-refractivity contribution in [1.29, 1.82) is 0 Å². The Morgan fingerprint density at radius 3 is 2.42 bits per heavy atom. The zero-order valence-corrected chi connectivity index (χ0v) is 11.9. The van der Waals surface area contributed by atoms with E-state index >= 15 is 0 Å². The second kappa shape index (κ2) is 4.82. The van der Waals surface area contributed by atoms with E-state index < -0.39 is 0 Å². The molecule has 0 fully saturated rings. The van der Waals surface area contributed by atoms with Crippen LogP contribution < -0.4 is 0 Å². The van der Waals surface area contributed by atoms with Crippen molar-refractivity contribution in [2.45, 2.75) is 11.8 Å². The molecule has 0 amide bonds. The predicted octanol–water partition coefficient (Wildman–Crippen LogP) is 5.36. The summed E-state index contributed by atoms with van der Waals surface area (Å²) < 4.78 is 19.2. The number of aryl methyl sites for hydroxylation is 1. The number of furan rings is 1. The van der Waals surface area contributed by atoms with Crippen LogP contribution in [-0.4, -0.2) is 0 Å². The van der Waals surface area contributed by atoms with E-state index in [4.69, 9.17) is 4.42 Å². The normalized spacial score (nSPS) is 12.8. The van der Waals surface area contributed by atoms with Crippen molar-refractivity contribution in [1.82, 2.24) is 0 Å². The van der Waals surface area contributed by atoms with Crippen molar-refractivity contribution in [3.8, 4) is 0 Å². The van der Waals surface area contributed by atoms with E-state index in [9.17, 15) is 4.39 Å². The van der Waals surface area contributed by atoms with E-state index in [-0.39, 0.29) is 10.6 Å². The second-order valence-corrected chi connectivity index (χ2v) is 5.39. The Morgan fingerprint density at radius 1 is 1.00 bits per heavy atom. The van der Waals surface area contributed by atoms with Crippen molar-refractivity contribution < 1.29 is 8.81 Å². The Labute approximate surface area is 119 Å². The zero-order valence-electron chi connectivity index (χ0n) is 10.4. The number of benzene rings is 2. The van der Waals surface area contributed by atoms with Crippen molar-refractivity contribution in [3.63, 3.8) is 0 Å². The van der Waals surface area contributed by atoms with E-state index in [0.29, 0.717) is 5.39 Å². The van der Waals surface area contributed by atoms with Crippen LogP contribution >= 0.6 is 15.9 Å². The van der Waals surface area contributed by atoms with Gasteiger partial charge in [-0.15, -0.1) is 0 Å². The first kappa shape index (κ1) is 12.4. The summed E-state index contributed by atoms with van der Waals surface area (Å²) >= 11 is 3.69. The molecular weight excluding hydrogens is 307 g/mol. The molecule has 0 saturated carbocycles. The summed E-state index contributed by atoms with van der Waals surface area (Å²) in [4.78, 5) is -0.00301. The van der Waals surface area contributed by atoms with Gasteiger partial charge in [0.1, 0.15) is 11.6 Å². The van der Waals surface area contributed by atoms with Crippen LogP contribution in [0.2, 0.25) is 0 Å². The maximum atomic E-state index is 13.8. The van der Waals surface area contributed by atoms with Gasteiger partial charge in [0.2, 0.25) is 0 Å². The van der Waals surface area contributed by atoms with Gasteiger partial charge < -0.3 is 4.42 Å². The Kier molecular flexibility index (Phi) is 3.15. The molecule has 19 heavy (non-hydrogen) atoms. The number of rotatable bonds is 2. The summed E-state index contributed by atoms with van der Waals surface area (Å²) in [6.45, 7) is 1.93. The lowest BCUT2D eigenvalue weighted by Gasteiger charge is -2.13. The predicted molar refractivity (Wildman–Crippen MR) is 78.1 cm³/mol. The van der Waals surface area contributed by atoms with E-state index in [1.54, 1.807) is 12.3 Å². The molecule has 0 aliphatic carbocycles. The summed E-state index contributed by atoms with van der Waals surface area (Å²) in [6.07, 6.45) is 1.67. The molecule has 3 heteroatoms. The van der Waals surface area contributed by atoms with Gasteiger partial charge >= 0.3 is 0 Å². The fourth-order valence-electron chi connectivity index (χ4n) is 2.33. The number of hydrogen-bond acceptors (Lipinski definition) is 1. The van der Waals surface area contributed by atoms with E-state index in [1.807, 2.05) is 37.3 Å². The van der Waals surface area contributed by atoms with Crippen LogP contribution in [0, 0.1) is 12.7 Å². The average molecular weight is 319 g/mol. The van der Waals surface area contributed by atoms with E-state index in [0.717, 1.165) is 22.3 Å². The maximum absolute atomic E-state index is 13.8. The van der Waals surface area contributed by atoms with Gasteiger partial charge in [0.15, 0.2) is 0 Å². The maximum Gasteiger partial charge on any atom is 0.131 e. The van der Waals surface area contributed by atoms with E-state index in [1.165, 1.54) is 6.07 Å². The van der Waals surface area contributed by atoms with Crippen LogP contribution in [0.5, 0.6) is 0 Å². The highest BCUT2D eigenvalue weighted by atomic mass is 79.9. The Bertz CT molecular complexity index is 732. The lowest BCUT2D eigenvalue weighted by Crippen LogP contribution is -1.95. The minimum absolute atomic E-state index is 0.00301. The summed E-state index contributed by atoms with van der Waals surface area (Å²) in [7, 11) is 0. The third kappa shape index (κ3) is 2.08. The van der Waals surface area contributed by atoms with Crippen molar-refractivity contribution in [2.24, 2.45) is 0 Å². The molecule has 0 aliphatic heterocycles. The molecule has 0 radical (unpaired) electrons. The van der Waals surface area contributed by atoms with Gasteiger partial charge in [-0.2, -0.15) is 0 Å². The highest BCUT2D eigenvalue weighted by Crippen LogP contribution is 2.37. The van der Waals surface area contributed by atoms with Gasteiger partial charge in [0.25, 0.3) is 0 Å². The van der Waals surface area contributed by atoms with Crippen LogP contribution in [0.1, 0.15) is 21.7 Å². The Morgan fingerprint density at radius 2 is 1.74 bits per heavy atom. The van der Waals surface area contributed by atoms with Gasteiger partial charge in [-0.1, -0.05) is 46.3 Å². The minimum atomic E-state index is -0.192. The molecule has 3 rings (SSSR count). The van der Waals surface area contributed by atoms with Crippen LogP contribution in [0.4, 0.5) is 4.39 Å². The summed E-state index contributed by atoms with van der Waals surface area (Å²) in [5, 5.41) is 1.57. The second-order valence-electron chi connectivity index (χ2n) is 4.48. The molecule has 1 unspecified atom stereocenters. The first-order valence-electron chi connectivity index (χ1n) is 6.03. The van der Waals surface area contributed by atoms with Gasteiger partial charge in [0, 0.05) is 10.9 Å². The quantitative estimate of drug-likeness (QED) is 0.579. The summed E-state index contributed by atoms with van der Waals surface area (Å²) in [5.74, 6) is 0.679. The molecule has 1 heterocycles. The third-order valence-electron chi connectivity index (χ3n) is 3.35. The highest BCUT2D eigenvalue weighted by Gasteiger charge is 2.18. The Balaban J connectivity index is 2.21. The van der Waals surface area contributed by atoms with Crippen molar-refractivity contribution >= 4 is 26.7 Å².